The summed E-state index contributed by atoms with van der Waals surface area (Å²) in [6.45, 7) is 11.5. The van der Waals surface area contributed by atoms with Crippen LogP contribution < -0.4 is 10.6 Å². The van der Waals surface area contributed by atoms with Gasteiger partial charge in [-0.05, 0) is 50.4 Å². The van der Waals surface area contributed by atoms with E-state index < -0.39 is 0 Å². The SMILES string of the molecule is CCNC(=NCC(C)(C)c1cccc(F)c1)NCCCN1CCC(O)CC1.I. The fourth-order valence-corrected chi connectivity index (χ4v) is 3.27. The van der Waals surface area contributed by atoms with Crippen LogP contribution in [0.15, 0.2) is 29.3 Å². The zero-order valence-electron chi connectivity index (χ0n) is 17.4. The zero-order chi connectivity index (χ0) is 19.7. The highest BCUT2D eigenvalue weighted by Crippen LogP contribution is 2.24. The summed E-state index contributed by atoms with van der Waals surface area (Å²) in [5, 5.41) is 16.2. The average molecular weight is 506 g/mol. The molecule has 0 amide bonds. The van der Waals surface area contributed by atoms with Crippen molar-refractivity contribution < 1.29 is 9.50 Å². The number of benzene rings is 1. The summed E-state index contributed by atoms with van der Waals surface area (Å²) in [5.41, 5.74) is 0.716. The lowest BCUT2D eigenvalue weighted by atomic mass is 9.85. The maximum Gasteiger partial charge on any atom is 0.191 e. The molecule has 1 aromatic carbocycles. The molecule has 1 fully saturated rings. The number of guanidine groups is 1. The van der Waals surface area contributed by atoms with Crippen LogP contribution in [0.1, 0.15) is 45.6 Å². The molecule has 1 saturated heterocycles. The Hall–Kier alpha value is -0.930. The largest absolute Gasteiger partial charge is 0.393 e. The number of aliphatic imine (C=N–C) groups is 1. The minimum atomic E-state index is -0.237. The Kier molecular flexibility index (Phi) is 11.3. The number of nitrogens with one attached hydrogen (secondary N) is 2. The predicted molar refractivity (Wildman–Crippen MR) is 125 cm³/mol. The van der Waals surface area contributed by atoms with Crippen molar-refractivity contribution in [3.63, 3.8) is 0 Å². The number of aliphatic hydroxyl groups excluding tert-OH is 1. The van der Waals surface area contributed by atoms with Gasteiger partial charge in [0.15, 0.2) is 5.96 Å². The number of hydrogen-bond donors (Lipinski definition) is 3. The maximum atomic E-state index is 13.5. The second-order valence-electron chi connectivity index (χ2n) is 7.94. The Bertz CT molecular complexity index is 604. The molecule has 1 heterocycles. The van der Waals surface area contributed by atoms with E-state index >= 15 is 0 Å². The summed E-state index contributed by atoms with van der Waals surface area (Å²) in [6, 6.07) is 6.76. The summed E-state index contributed by atoms with van der Waals surface area (Å²) in [7, 11) is 0. The number of halogens is 2. The molecule has 0 unspecified atom stereocenters. The third kappa shape index (κ3) is 8.61. The van der Waals surface area contributed by atoms with Crippen molar-refractivity contribution in [1.29, 1.82) is 0 Å². The Morgan fingerprint density at radius 3 is 2.64 bits per heavy atom. The molecule has 0 saturated carbocycles. The van der Waals surface area contributed by atoms with Gasteiger partial charge in [0.1, 0.15) is 5.82 Å². The van der Waals surface area contributed by atoms with E-state index in [0.29, 0.717) is 6.54 Å². The first kappa shape index (κ1) is 25.1. The van der Waals surface area contributed by atoms with Gasteiger partial charge in [-0.25, -0.2) is 4.39 Å². The van der Waals surface area contributed by atoms with Crippen LogP contribution in [0.25, 0.3) is 0 Å². The van der Waals surface area contributed by atoms with E-state index in [2.05, 4.69) is 29.4 Å². The molecule has 160 valence electrons. The topological polar surface area (TPSA) is 59.9 Å². The molecule has 0 spiro atoms. The molecule has 0 bridgehead atoms. The Morgan fingerprint density at radius 2 is 2.00 bits per heavy atom. The molecular formula is C21H36FIN4O. The lowest BCUT2D eigenvalue weighted by Crippen LogP contribution is -2.41. The Balaban J connectivity index is 0.00000392. The van der Waals surface area contributed by atoms with Gasteiger partial charge in [0.05, 0.1) is 12.6 Å². The van der Waals surface area contributed by atoms with Crippen molar-refractivity contribution in [1.82, 2.24) is 15.5 Å². The smallest absolute Gasteiger partial charge is 0.191 e. The van der Waals surface area contributed by atoms with Crippen molar-refractivity contribution >= 4 is 29.9 Å². The van der Waals surface area contributed by atoms with Crippen LogP contribution in [-0.2, 0) is 5.41 Å². The Labute approximate surface area is 186 Å². The molecule has 0 radical (unpaired) electrons. The number of rotatable bonds is 8. The molecule has 0 aliphatic carbocycles. The van der Waals surface area contributed by atoms with Crippen LogP contribution in [0.5, 0.6) is 0 Å². The fourth-order valence-electron chi connectivity index (χ4n) is 3.27. The maximum absolute atomic E-state index is 13.5. The minimum Gasteiger partial charge on any atom is -0.393 e. The second-order valence-corrected chi connectivity index (χ2v) is 7.94. The molecule has 1 aromatic rings. The number of aliphatic hydroxyl groups is 1. The zero-order valence-corrected chi connectivity index (χ0v) is 19.7. The molecular weight excluding hydrogens is 470 g/mol. The van der Waals surface area contributed by atoms with E-state index in [9.17, 15) is 9.50 Å². The molecule has 1 aliphatic heterocycles. The molecule has 1 aliphatic rings. The van der Waals surface area contributed by atoms with Crippen molar-refractivity contribution in [3.05, 3.63) is 35.6 Å². The summed E-state index contributed by atoms with van der Waals surface area (Å²) >= 11 is 0. The van der Waals surface area contributed by atoms with E-state index in [1.807, 2.05) is 13.0 Å². The molecule has 5 nitrogen and oxygen atoms in total. The number of likely N-dealkylation sites (tertiary alicyclic amines) is 1. The van der Waals surface area contributed by atoms with Gasteiger partial charge >= 0.3 is 0 Å². The van der Waals surface area contributed by atoms with E-state index in [4.69, 9.17) is 4.99 Å². The number of hydrogen-bond acceptors (Lipinski definition) is 3. The van der Waals surface area contributed by atoms with E-state index in [1.165, 1.54) is 6.07 Å². The standard InChI is InChI=1S/C21H35FN4O.HI/c1-4-23-20(24-11-6-12-26-13-9-19(27)10-14-26)25-16-21(2,3)17-7-5-8-18(22)15-17;/h5,7-8,15,19,27H,4,6,9-14,16H2,1-3H3,(H2,23,24,25);1H. The lowest BCUT2D eigenvalue weighted by molar-refractivity contribution is 0.0823. The molecule has 28 heavy (non-hydrogen) atoms. The fraction of sp³-hybridized carbons (Fsp3) is 0.667. The molecule has 7 heteroatoms. The normalized spacial score (nSPS) is 16.5. The monoisotopic (exact) mass is 506 g/mol. The van der Waals surface area contributed by atoms with E-state index in [-0.39, 0.29) is 41.3 Å². The van der Waals surface area contributed by atoms with Gasteiger partial charge in [-0.1, -0.05) is 26.0 Å². The summed E-state index contributed by atoms with van der Waals surface area (Å²) in [5.74, 6) is 0.593. The first-order valence-electron chi connectivity index (χ1n) is 10.1. The second kappa shape index (κ2) is 12.6. The van der Waals surface area contributed by atoms with Gasteiger partial charge in [-0.15, -0.1) is 24.0 Å². The number of piperidine rings is 1. The summed E-state index contributed by atoms with van der Waals surface area (Å²) < 4.78 is 13.5. The van der Waals surface area contributed by atoms with Gasteiger partial charge in [0.25, 0.3) is 0 Å². The van der Waals surface area contributed by atoms with Crippen LogP contribution in [-0.4, -0.2) is 61.3 Å². The van der Waals surface area contributed by atoms with Crippen molar-refractivity contribution in [2.45, 2.75) is 51.6 Å². The van der Waals surface area contributed by atoms with Crippen LogP contribution >= 0.6 is 24.0 Å². The summed E-state index contributed by atoms with van der Waals surface area (Å²) in [4.78, 5) is 7.12. The van der Waals surface area contributed by atoms with Crippen LogP contribution in [0, 0.1) is 5.82 Å². The van der Waals surface area contributed by atoms with E-state index in [1.54, 1.807) is 12.1 Å². The first-order valence-corrected chi connectivity index (χ1v) is 10.1. The minimum absolute atomic E-state index is 0. The molecule has 2 rings (SSSR count). The highest BCUT2D eigenvalue weighted by molar-refractivity contribution is 14.0. The molecule has 0 atom stereocenters. The van der Waals surface area contributed by atoms with Crippen LogP contribution in [0.2, 0.25) is 0 Å². The highest BCUT2D eigenvalue weighted by atomic mass is 127. The molecule has 0 aromatic heterocycles. The van der Waals surface area contributed by atoms with Gasteiger partial charge < -0.3 is 20.6 Å². The van der Waals surface area contributed by atoms with E-state index in [0.717, 1.165) is 63.5 Å². The third-order valence-electron chi connectivity index (χ3n) is 5.08. The molecule has 3 N–H and O–H groups in total. The van der Waals surface area contributed by atoms with Gasteiger partial charge in [-0.2, -0.15) is 0 Å². The highest BCUT2D eigenvalue weighted by Gasteiger charge is 2.21. The predicted octanol–water partition coefficient (Wildman–Crippen LogP) is 3.12. The lowest BCUT2D eigenvalue weighted by Gasteiger charge is -2.29. The number of nitrogens with zero attached hydrogens (tertiary/aromatic N) is 2. The summed E-state index contributed by atoms with van der Waals surface area (Å²) in [6.07, 6.45) is 2.68. The van der Waals surface area contributed by atoms with Gasteiger partial charge in [0.2, 0.25) is 0 Å². The first-order chi connectivity index (χ1) is 12.9. The van der Waals surface area contributed by atoms with Gasteiger partial charge in [0, 0.05) is 31.6 Å². The van der Waals surface area contributed by atoms with Gasteiger partial charge in [-0.3, -0.25) is 4.99 Å². The average Bonchev–Trinajstić information content (AvgIpc) is 2.64. The Morgan fingerprint density at radius 1 is 1.29 bits per heavy atom. The quantitative estimate of drug-likeness (QED) is 0.220. The van der Waals surface area contributed by atoms with Crippen LogP contribution in [0.4, 0.5) is 4.39 Å². The van der Waals surface area contributed by atoms with Crippen molar-refractivity contribution in [2.24, 2.45) is 4.99 Å². The third-order valence-corrected chi connectivity index (χ3v) is 5.08. The van der Waals surface area contributed by atoms with Crippen LogP contribution in [0.3, 0.4) is 0 Å². The van der Waals surface area contributed by atoms with Crippen molar-refractivity contribution in [3.8, 4) is 0 Å². The van der Waals surface area contributed by atoms with Crippen molar-refractivity contribution in [2.75, 3.05) is 39.3 Å².